The van der Waals surface area contributed by atoms with Crippen LogP contribution in [0.25, 0.3) is 10.9 Å². The van der Waals surface area contributed by atoms with E-state index < -0.39 is 0 Å². The van der Waals surface area contributed by atoms with Gasteiger partial charge in [0, 0.05) is 24.1 Å². The van der Waals surface area contributed by atoms with Gasteiger partial charge in [0.1, 0.15) is 5.75 Å². The summed E-state index contributed by atoms with van der Waals surface area (Å²) in [7, 11) is 1.71. The van der Waals surface area contributed by atoms with Crippen LogP contribution in [0.2, 0.25) is 0 Å². The number of aromatic nitrogens is 4. The van der Waals surface area contributed by atoms with Crippen LogP contribution in [0.5, 0.6) is 5.75 Å². The van der Waals surface area contributed by atoms with E-state index in [1.165, 1.54) is 4.68 Å². The van der Waals surface area contributed by atoms with Crippen molar-refractivity contribution in [2.45, 2.75) is 6.92 Å². The molecular weight excluding hydrogens is 270 g/mol. The third kappa shape index (κ3) is 2.58. The van der Waals surface area contributed by atoms with Gasteiger partial charge in [-0.1, -0.05) is 5.21 Å². The highest BCUT2D eigenvalue weighted by molar-refractivity contribution is 6.08. The second kappa shape index (κ2) is 5.28. The number of anilines is 1. The van der Waals surface area contributed by atoms with Gasteiger partial charge in [-0.2, -0.15) is 0 Å². The molecule has 2 aromatic heterocycles. The molecule has 0 aliphatic carbocycles. The average Bonchev–Trinajstić information content (AvgIpc) is 3.06. The largest absolute Gasteiger partial charge is 0.494 e. The number of aromatic amines is 1. The molecule has 0 aliphatic rings. The van der Waals surface area contributed by atoms with Gasteiger partial charge in [-0.15, -0.1) is 5.10 Å². The van der Waals surface area contributed by atoms with Crippen LogP contribution in [-0.4, -0.2) is 32.5 Å². The van der Waals surface area contributed by atoms with Crippen LogP contribution in [0.1, 0.15) is 17.4 Å². The van der Waals surface area contributed by atoms with Crippen molar-refractivity contribution in [1.82, 2.24) is 20.0 Å². The van der Waals surface area contributed by atoms with Crippen molar-refractivity contribution in [2.75, 3.05) is 11.9 Å². The third-order valence-electron chi connectivity index (χ3n) is 3.05. The maximum absolute atomic E-state index is 12.1. The summed E-state index contributed by atoms with van der Waals surface area (Å²) in [5, 5.41) is 11.2. The lowest BCUT2D eigenvalue weighted by atomic mass is 10.2. The molecule has 7 nitrogen and oxygen atoms in total. The van der Waals surface area contributed by atoms with E-state index >= 15 is 0 Å². The molecule has 7 heteroatoms. The maximum atomic E-state index is 12.1. The maximum Gasteiger partial charge on any atom is 0.277 e. The van der Waals surface area contributed by atoms with E-state index in [0.29, 0.717) is 12.3 Å². The SMILES string of the molecule is CCOc1ccc2[nH]cc(NC(=O)c3cn(C)nn3)c2c1. The van der Waals surface area contributed by atoms with Crippen LogP contribution in [-0.2, 0) is 7.05 Å². The Bertz CT molecular complexity index is 790. The number of benzene rings is 1. The topological polar surface area (TPSA) is 84.8 Å². The number of hydrogen-bond donors (Lipinski definition) is 2. The Morgan fingerprint density at radius 1 is 1.48 bits per heavy atom. The summed E-state index contributed by atoms with van der Waals surface area (Å²) in [6.45, 7) is 2.52. The summed E-state index contributed by atoms with van der Waals surface area (Å²) in [4.78, 5) is 15.2. The van der Waals surface area contributed by atoms with Crippen LogP contribution in [0, 0.1) is 0 Å². The molecule has 0 bridgehead atoms. The lowest BCUT2D eigenvalue weighted by Gasteiger charge is -2.04. The van der Waals surface area contributed by atoms with Gasteiger partial charge in [-0.3, -0.25) is 9.48 Å². The normalized spacial score (nSPS) is 10.8. The molecule has 0 radical (unpaired) electrons. The minimum absolute atomic E-state index is 0.271. The van der Waals surface area contributed by atoms with Gasteiger partial charge in [0.15, 0.2) is 5.69 Å². The molecule has 0 saturated heterocycles. The summed E-state index contributed by atoms with van der Waals surface area (Å²) in [5.74, 6) is 0.463. The fourth-order valence-corrected chi connectivity index (χ4v) is 2.10. The molecule has 2 heterocycles. The van der Waals surface area contributed by atoms with Crippen molar-refractivity contribution < 1.29 is 9.53 Å². The molecule has 0 saturated carbocycles. The summed E-state index contributed by atoms with van der Waals surface area (Å²) in [6, 6.07) is 5.69. The molecule has 1 amide bonds. The first-order chi connectivity index (χ1) is 10.2. The van der Waals surface area contributed by atoms with Gasteiger partial charge in [0.2, 0.25) is 0 Å². The minimum Gasteiger partial charge on any atom is -0.494 e. The lowest BCUT2D eigenvalue weighted by Crippen LogP contribution is -2.12. The summed E-state index contributed by atoms with van der Waals surface area (Å²) in [5.41, 5.74) is 1.88. The molecule has 2 N–H and O–H groups in total. The van der Waals surface area contributed by atoms with E-state index in [0.717, 1.165) is 16.7 Å². The number of aryl methyl sites for hydroxylation is 1. The molecule has 0 aliphatic heterocycles. The molecule has 1 aromatic carbocycles. The van der Waals surface area contributed by atoms with E-state index in [2.05, 4.69) is 20.6 Å². The molecule has 0 unspecified atom stereocenters. The number of carbonyl (C=O) groups excluding carboxylic acids is 1. The zero-order valence-corrected chi connectivity index (χ0v) is 11.8. The molecule has 3 rings (SSSR count). The number of amides is 1. The Hall–Kier alpha value is -2.83. The van der Waals surface area contributed by atoms with Crippen molar-refractivity contribution in [1.29, 1.82) is 0 Å². The van der Waals surface area contributed by atoms with Crippen LogP contribution >= 0.6 is 0 Å². The fourth-order valence-electron chi connectivity index (χ4n) is 2.10. The van der Waals surface area contributed by atoms with Crippen molar-refractivity contribution in [3.63, 3.8) is 0 Å². The standard InChI is InChI=1S/C14H15N5O2/c1-3-21-9-4-5-11-10(6-9)12(7-15-11)16-14(20)13-8-19(2)18-17-13/h4-8,15H,3H2,1-2H3,(H,16,20). The minimum atomic E-state index is -0.300. The molecule has 0 spiro atoms. The average molecular weight is 285 g/mol. The highest BCUT2D eigenvalue weighted by Crippen LogP contribution is 2.27. The van der Waals surface area contributed by atoms with Crippen molar-refractivity contribution in [3.8, 4) is 5.75 Å². The second-order valence-electron chi connectivity index (χ2n) is 4.57. The number of nitrogens with zero attached hydrogens (tertiary/aromatic N) is 3. The Balaban J connectivity index is 1.89. The summed E-state index contributed by atoms with van der Waals surface area (Å²) < 4.78 is 6.96. The molecule has 0 fully saturated rings. The molecule has 3 aromatic rings. The number of nitrogens with one attached hydrogen (secondary N) is 2. The number of H-pyrrole nitrogens is 1. The third-order valence-corrected chi connectivity index (χ3v) is 3.05. The second-order valence-corrected chi connectivity index (χ2v) is 4.57. The molecule has 0 atom stereocenters. The van der Waals surface area contributed by atoms with Crippen molar-refractivity contribution in [3.05, 3.63) is 36.3 Å². The Kier molecular flexibility index (Phi) is 3.31. The van der Waals surface area contributed by atoms with Gasteiger partial charge >= 0.3 is 0 Å². The zero-order valence-electron chi connectivity index (χ0n) is 11.8. The molecular formula is C14H15N5O2. The van der Waals surface area contributed by atoms with Gasteiger partial charge in [0.25, 0.3) is 5.91 Å². The van der Waals surface area contributed by atoms with Crippen LogP contribution < -0.4 is 10.1 Å². The highest BCUT2D eigenvalue weighted by atomic mass is 16.5. The smallest absolute Gasteiger partial charge is 0.277 e. The van der Waals surface area contributed by atoms with E-state index in [-0.39, 0.29) is 11.6 Å². The first-order valence-electron chi connectivity index (χ1n) is 6.59. The Morgan fingerprint density at radius 2 is 2.33 bits per heavy atom. The number of hydrogen-bond acceptors (Lipinski definition) is 4. The quantitative estimate of drug-likeness (QED) is 0.767. The first-order valence-corrected chi connectivity index (χ1v) is 6.59. The number of fused-ring (bicyclic) bond motifs is 1. The van der Waals surface area contributed by atoms with Crippen LogP contribution in [0.15, 0.2) is 30.6 Å². The highest BCUT2D eigenvalue weighted by Gasteiger charge is 2.13. The number of ether oxygens (including phenoxy) is 1. The predicted octanol–water partition coefficient (Wildman–Crippen LogP) is 1.95. The van der Waals surface area contributed by atoms with E-state index in [9.17, 15) is 4.79 Å². The lowest BCUT2D eigenvalue weighted by molar-refractivity contribution is 0.102. The van der Waals surface area contributed by atoms with E-state index in [4.69, 9.17) is 4.74 Å². The van der Waals surface area contributed by atoms with E-state index in [1.807, 2.05) is 25.1 Å². The van der Waals surface area contributed by atoms with Gasteiger partial charge in [-0.25, -0.2) is 0 Å². The van der Waals surface area contributed by atoms with Crippen molar-refractivity contribution >= 4 is 22.5 Å². The van der Waals surface area contributed by atoms with Gasteiger partial charge in [-0.05, 0) is 25.1 Å². The van der Waals surface area contributed by atoms with Crippen molar-refractivity contribution in [2.24, 2.45) is 7.05 Å². The monoisotopic (exact) mass is 285 g/mol. The van der Waals surface area contributed by atoms with Gasteiger partial charge < -0.3 is 15.0 Å². The van der Waals surface area contributed by atoms with Crippen LogP contribution in [0.3, 0.4) is 0 Å². The number of carbonyl (C=O) groups is 1. The van der Waals surface area contributed by atoms with Gasteiger partial charge in [0.05, 0.1) is 18.5 Å². The Morgan fingerprint density at radius 3 is 3.05 bits per heavy atom. The van der Waals surface area contributed by atoms with Crippen LogP contribution in [0.4, 0.5) is 5.69 Å². The number of rotatable bonds is 4. The fraction of sp³-hybridized carbons (Fsp3) is 0.214. The predicted molar refractivity (Wildman–Crippen MR) is 78.4 cm³/mol. The first kappa shape index (κ1) is 13.2. The molecule has 21 heavy (non-hydrogen) atoms. The zero-order chi connectivity index (χ0) is 14.8. The summed E-state index contributed by atoms with van der Waals surface area (Å²) in [6.07, 6.45) is 3.31. The Labute approximate surface area is 120 Å². The molecule has 108 valence electrons. The summed E-state index contributed by atoms with van der Waals surface area (Å²) >= 11 is 0. The van der Waals surface area contributed by atoms with E-state index in [1.54, 1.807) is 19.4 Å².